The molecule has 0 aliphatic heterocycles. The Morgan fingerprint density at radius 2 is 1.82 bits per heavy atom. The normalized spacial score (nSPS) is 10.6. The lowest BCUT2D eigenvalue weighted by Gasteiger charge is -2.19. The van der Waals surface area contributed by atoms with Crippen molar-refractivity contribution in [1.82, 2.24) is 0 Å². The van der Waals surface area contributed by atoms with Gasteiger partial charge in [0.25, 0.3) is 0 Å². The van der Waals surface area contributed by atoms with Gasteiger partial charge in [-0.1, -0.05) is 0 Å². The maximum Gasteiger partial charge on any atom is 0.119 e. The van der Waals surface area contributed by atoms with Crippen molar-refractivity contribution in [3.05, 3.63) is 24.3 Å². The van der Waals surface area contributed by atoms with Gasteiger partial charge in [0.15, 0.2) is 0 Å². The summed E-state index contributed by atoms with van der Waals surface area (Å²) in [5.41, 5.74) is 6.71. The van der Waals surface area contributed by atoms with Gasteiger partial charge in [-0.2, -0.15) is 0 Å². The fourth-order valence-corrected chi connectivity index (χ4v) is 1.67. The zero-order valence-corrected chi connectivity index (χ0v) is 11.1. The minimum atomic E-state index is 0.225. The molecule has 0 unspecified atom stereocenters. The van der Waals surface area contributed by atoms with E-state index in [1.54, 1.807) is 0 Å². The van der Waals surface area contributed by atoms with E-state index in [9.17, 15) is 0 Å². The Morgan fingerprint density at radius 3 is 2.35 bits per heavy atom. The number of benzene rings is 1. The first-order valence-corrected chi connectivity index (χ1v) is 6.31. The first kappa shape index (κ1) is 13.8. The highest BCUT2D eigenvalue weighted by atomic mass is 16.5. The first-order chi connectivity index (χ1) is 8.13. The van der Waals surface area contributed by atoms with Gasteiger partial charge in [0.1, 0.15) is 5.75 Å². The molecule has 0 atom stereocenters. The van der Waals surface area contributed by atoms with Crippen LogP contribution in [-0.4, -0.2) is 26.2 Å². The van der Waals surface area contributed by atoms with E-state index in [2.05, 4.69) is 24.1 Å². The number of nitrogens with two attached hydrogens (primary N) is 1. The van der Waals surface area contributed by atoms with E-state index in [1.807, 2.05) is 26.0 Å². The number of ether oxygens (including phenoxy) is 1. The molecular formula is C14H24N2O. The predicted molar refractivity (Wildman–Crippen MR) is 73.8 cm³/mol. The van der Waals surface area contributed by atoms with Gasteiger partial charge < -0.3 is 15.4 Å². The van der Waals surface area contributed by atoms with Gasteiger partial charge in [0, 0.05) is 19.3 Å². The largest absolute Gasteiger partial charge is 0.491 e. The molecule has 1 aromatic rings. The van der Waals surface area contributed by atoms with E-state index in [0.717, 1.165) is 31.7 Å². The maximum absolute atomic E-state index is 5.61. The molecule has 3 nitrogen and oxygen atoms in total. The number of hydrogen-bond donors (Lipinski definition) is 1. The number of unbranched alkanes of at least 4 members (excludes halogenated alkanes) is 1. The molecule has 2 N–H and O–H groups in total. The van der Waals surface area contributed by atoms with Crippen LogP contribution in [0.1, 0.15) is 26.7 Å². The van der Waals surface area contributed by atoms with E-state index in [0.29, 0.717) is 0 Å². The fourth-order valence-electron chi connectivity index (χ4n) is 1.67. The fraction of sp³-hybridized carbons (Fsp3) is 0.571. The summed E-state index contributed by atoms with van der Waals surface area (Å²) in [5, 5.41) is 0. The highest BCUT2D eigenvalue weighted by molar-refractivity contribution is 5.48. The van der Waals surface area contributed by atoms with Crippen molar-refractivity contribution < 1.29 is 4.74 Å². The summed E-state index contributed by atoms with van der Waals surface area (Å²) in [7, 11) is 2.11. The lowest BCUT2D eigenvalue weighted by atomic mass is 10.2. The van der Waals surface area contributed by atoms with Crippen molar-refractivity contribution in [1.29, 1.82) is 0 Å². The maximum atomic E-state index is 5.61. The second-order valence-electron chi connectivity index (χ2n) is 4.58. The lowest BCUT2D eigenvalue weighted by Crippen LogP contribution is -2.19. The molecule has 0 aliphatic rings. The Kier molecular flexibility index (Phi) is 5.84. The van der Waals surface area contributed by atoms with Crippen LogP contribution < -0.4 is 15.4 Å². The summed E-state index contributed by atoms with van der Waals surface area (Å²) in [5.74, 6) is 0.930. The molecule has 0 aromatic heterocycles. The second-order valence-corrected chi connectivity index (χ2v) is 4.58. The third-order valence-electron chi connectivity index (χ3n) is 2.60. The molecule has 0 fully saturated rings. The Hall–Kier alpha value is -1.22. The average molecular weight is 236 g/mol. The van der Waals surface area contributed by atoms with E-state index < -0.39 is 0 Å². The van der Waals surface area contributed by atoms with Crippen LogP contribution in [0.2, 0.25) is 0 Å². The summed E-state index contributed by atoms with van der Waals surface area (Å²) < 4.78 is 5.61. The number of rotatable bonds is 7. The third-order valence-corrected chi connectivity index (χ3v) is 2.60. The van der Waals surface area contributed by atoms with Crippen LogP contribution in [0.5, 0.6) is 5.75 Å². The van der Waals surface area contributed by atoms with Crippen LogP contribution in [0.3, 0.4) is 0 Å². The average Bonchev–Trinajstić information content (AvgIpc) is 2.29. The number of hydrogen-bond acceptors (Lipinski definition) is 3. The highest BCUT2D eigenvalue weighted by Gasteiger charge is 2.02. The Labute approximate surface area is 105 Å². The molecule has 0 spiro atoms. The minimum absolute atomic E-state index is 0.225. The third kappa shape index (κ3) is 5.09. The van der Waals surface area contributed by atoms with Gasteiger partial charge in [-0.25, -0.2) is 0 Å². The van der Waals surface area contributed by atoms with Crippen molar-refractivity contribution in [3.8, 4) is 5.75 Å². The van der Waals surface area contributed by atoms with Crippen LogP contribution in [0.4, 0.5) is 5.69 Å². The quantitative estimate of drug-likeness (QED) is 0.740. The predicted octanol–water partition coefficient (Wildman–Crippen LogP) is 2.65. The summed E-state index contributed by atoms with van der Waals surface area (Å²) in [6.07, 6.45) is 2.44. The van der Waals surface area contributed by atoms with Crippen molar-refractivity contribution in [2.24, 2.45) is 5.73 Å². The van der Waals surface area contributed by atoms with Crippen molar-refractivity contribution in [2.45, 2.75) is 32.8 Å². The summed E-state index contributed by atoms with van der Waals surface area (Å²) in [6.45, 7) is 5.89. The first-order valence-electron chi connectivity index (χ1n) is 6.31. The molecule has 0 radical (unpaired) electrons. The van der Waals surface area contributed by atoms with E-state index in [1.165, 1.54) is 5.69 Å². The van der Waals surface area contributed by atoms with E-state index >= 15 is 0 Å². The zero-order chi connectivity index (χ0) is 12.7. The van der Waals surface area contributed by atoms with Crippen molar-refractivity contribution >= 4 is 5.69 Å². The molecule has 0 saturated heterocycles. The number of anilines is 1. The molecule has 0 aliphatic carbocycles. The topological polar surface area (TPSA) is 38.5 Å². The van der Waals surface area contributed by atoms with Crippen LogP contribution in [0, 0.1) is 0 Å². The monoisotopic (exact) mass is 236 g/mol. The molecule has 1 rings (SSSR count). The molecular weight excluding hydrogens is 212 g/mol. The molecule has 0 heterocycles. The smallest absolute Gasteiger partial charge is 0.119 e. The van der Waals surface area contributed by atoms with Gasteiger partial charge in [-0.15, -0.1) is 0 Å². The minimum Gasteiger partial charge on any atom is -0.491 e. The summed E-state index contributed by atoms with van der Waals surface area (Å²) >= 11 is 0. The van der Waals surface area contributed by atoms with Gasteiger partial charge in [0.05, 0.1) is 6.10 Å². The van der Waals surface area contributed by atoms with Crippen LogP contribution in [-0.2, 0) is 0 Å². The van der Waals surface area contributed by atoms with Gasteiger partial charge >= 0.3 is 0 Å². The SMILES string of the molecule is CC(C)Oc1ccc(N(C)CCCCN)cc1. The lowest BCUT2D eigenvalue weighted by molar-refractivity contribution is 0.242. The molecule has 0 saturated carbocycles. The zero-order valence-electron chi connectivity index (χ0n) is 11.1. The van der Waals surface area contributed by atoms with Crippen LogP contribution in [0.15, 0.2) is 24.3 Å². The molecule has 3 heteroatoms. The van der Waals surface area contributed by atoms with E-state index in [-0.39, 0.29) is 6.10 Å². The van der Waals surface area contributed by atoms with Gasteiger partial charge in [-0.05, 0) is 57.5 Å². The molecule has 0 bridgehead atoms. The van der Waals surface area contributed by atoms with Crippen molar-refractivity contribution in [3.63, 3.8) is 0 Å². The Bertz CT molecular complexity index is 309. The van der Waals surface area contributed by atoms with Crippen LogP contribution in [0.25, 0.3) is 0 Å². The van der Waals surface area contributed by atoms with Crippen LogP contribution >= 0.6 is 0 Å². The molecule has 96 valence electrons. The Morgan fingerprint density at radius 1 is 1.18 bits per heavy atom. The van der Waals surface area contributed by atoms with E-state index in [4.69, 9.17) is 10.5 Å². The highest BCUT2D eigenvalue weighted by Crippen LogP contribution is 2.19. The molecule has 1 aromatic carbocycles. The standard InChI is InChI=1S/C14H24N2O/c1-12(2)17-14-8-6-13(7-9-14)16(3)11-5-4-10-15/h6-9,12H,4-5,10-11,15H2,1-3H3. The number of nitrogens with zero attached hydrogens (tertiary/aromatic N) is 1. The second kappa shape index (κ2) is 7.17. The Balaban J connectivity index is 2.48. The summed E-state index contributed by atoms with van der Waals surface area (Å²) in [4.78, 5) is 2.24. The molecule has 0 amide bonds. The van der Waals surface area contributed by atoms with Crippen molar-refractivity contribution in [2.75, 3.05) is 25.0 Å². The van der Waals surface area contributed by atoms with Gasteiger partial charge in [0.2, 0.25) is 0 Å². The van der Waals surface area contributed by atoms with Gasteiger partial charge in [-0.3, -0.25) is 0 Å². The summed E-state index contributed by atoms with van der Waals surface area (Å²) in [6, 6.07) is 8.24. The molecule has 17 heavy (non-hydrogen) atoms.